The number of aliphatic hydroxyl groups is 1. The molecule has 0 bridgehead atoms. The first-order valence-corrected chi connectivity index (χ1v) is 3.75. The van der Waals surface area contributed by atoms with Crippen LogP contribution in [0.15, 0.2) is 0 Å². The Kier molecular flexibility index (Phi) is 4.60. The van der Waals surface area contributed by atoms with Crippen LogP contribution in [0.3, 0.4) is 0 Å². The van der Waals surface area contributed by atoms with Crippen molar-refractivity contribution in [1.29, 1.82) is 0 Å². The van der Waals surface area contributed by atoms with Gasteiger partial charge in [0.05, 0.1) is 5.60 Å². The van der Waals surface area contributed by atoms with E-state index in [1.807, 2.05) is 20.8 Å². The Morgan fingerprint density at radius 1 is 1.55 bits per heavy atom. The molecule has 4 N–H and O–H groups in total. The Bertz CT molecular complexity index is 101. The van der Waals surface area contributed by atoms with E-state index in [2.05, 4.69) is 5.32 Å². The molecule has 68 valence electrons. The van der Waals surface area contributed by atoms with Crippen molar-refractivity contribution in [3.05, 3.63) is 0 Å². The molecule has 0 unspecified atom stereocenters. The van der Waals surface area contributed by atoms with Crippen molar-refractivity contribution in [2.24, 2.45) is 5.73 Å². The number of rotatable bonds is 4. The quantitative estimate of drug-likeness (QED) is 0.493. The second kappa shape index (κ2) is 4.66. The van der Waals surface area contributed by atoms with E-state index < -0.39 is 6.41 Å². The van der Waals surface area contributed by atoms with Crippen LogP contribution in [0.25, 0.3) is 0 Å². The summed E-state index contributed by atoms with van der Waals surface area (Å²) in [6.45, 7) is 6.67. The average Bonchev–Trinajstić information content (AvgIpc) is 1.79. The second-order valence-electron chi connectivity index (χ2n) is 3.33. The number of hydrogen-bond donors (Lipinski definition) is 3. The van der Waals surface area contributed by atoms with E-state index in [-0.39, 0.29) is 5.60 Å². The van der Waals surface area contributed by atoms with Crippen LogP contribution >= 0.6 is 0 Å². The van der Waals surface area contributed by atoms with Crippen molar-refractivity contribution in [1.82, 2.24) is 5.32 Å². The molecule has 0 aliphatic carbocycles. The fraction of sp³-hybridized carbons (Fsp3) is 1.00. The topological polar surface area (TPSA) is 67.5 Å². The minimum atomic E-state index is -0.918. The monoisotopic (exact) mass is 162 g/mol. The third-order valence-electron chi connectivity index (χ3n) is 0.928. The highest BCUT2D eigenvalue weighted by atomic mass is 16.6. The molecule has 0 saturated heterocycles. The number of nitrogens with two attached hydrogens (primary N) is 1. The Morgan fingerprint density at radius 2 is 2.09 bits per heavy atom. The van der Waals surface area contributed by atoms with Gasteiger partial charge in [-0.2, -0.15) is 0 Å². The SMILES string of the molecule is CC(C)(C)O[C@H](O)NCCN. The predicted octanol–water partition coefficient (Wildman–Crippen LogP) is -0.374. The molecule has 0 aliphatic heterocycles. The first-order chi connectivity index (χ1) is 4.95. The summed E-state index contributed by atoms with van der Waals surface area (Å²) in [5.74, 6) is 0. The van der Waals surface area contributed by atoms with Crippen LogP contribution in [-0.2, 0) is 4.74 Å². The molecule has 0 heterocycles. The van der Waals surface area contributed by atoms with Gasteiger partial charge in [-0.25, -0.2) is 0 Å². The summed E-state index contributed by atoms with van der Waals surface area (Å²) in [6, 6.07) is 0. The summed E-state index contributed by atoms with van der Waals surface area (Å²) in [6.07, 6.45) is -0.918. The Labute approximate surface area is 67.7 Å². The summed E-state index contributed by atoms with van der Waals surface area (Å²) >= 11 is 0. The predicted molar refractivity (Wildman–Crippen MR) is 43.9 cm³/mol. The normalized spacial score (nSPS) is 15.0. The molecule has 1 atom stereocenters. The van der Waals surface area contributed by atoms with Crippen LogP contribution in [0.5, 0.6) is 0 Å². The molecular weight excluding hydrogens is 144 g/mol. The molecule has 0 aliphatic rings. The minimum Gasteiger partial charge on any atom is -0.356 e. The average molecular weight is 162 g/mol. The van der Waals surface area contributed by atoms with Crippen molar-refractivity contribution in [2.75, 3.05) is 13.1 Å². The molecule has 0 aromatic carbocycles. The van der Waals surface area contributed by atoms with Crippen molar-refractivity contribution in [3.8, 4) is 0 Å². The van der Waals surface area contributed by atoms with Crippen LogP contribution in [0.4, 0.5) is 0 Å². The lowest BCUT2D eigenvalue weighted by Gasteiger charge is -2.24. The van der Waals surface area contributed by atoms with E-state index in [9.17, 15) is 0 Å². The number of hydrogen-bond acceptors (Lipinski definition) is 4. The van der Waals surface area contributed by atoms with Crippen molar-refractivity contribution < 1.29 is 9.84 Å². The lowest BCUT2D eigenvalue weighted by molar-refractivity contribution is -0.180. The molecule has 0 aromatic heterocycles. The van der Waals surface area contributed by atoms with Gasteiger partial charge in [-0.1, -0.05) is 0 Å². The van der Waals surface area contributed by atoms with Gasteiger partial charge in [0.25, 0.3) is 0 Å². The molecule has 11 heavy (non-hydrogen) atoms. The highest BCUT2D eigenvalue weighted by Gasteiger charge is 2.15. The minimum absolute atomic E-state index is 0.332. The van der Waals surface area contributed by atoms with E-state index >= 15 is 0 Å². The van der Waals surface area contributed by atoms with Crippen molar-refractivity contribution >= 4 is 0 Å². The molecule has 0 aromatic rings. The van der Waals surface area contributed by atoms with E-state index in [1.165, 1.54) is 0 Å². The van der Waals surface area contributed by atoms with Gasteiger partial charge < -0.3 is 15.6 Å². The van der Waals surface area contributed by atoms with E-state index in [1.54, 1.807) is 0 Å². The zero-order valence-corrected chi connectivity index (χ0v) is 7.42. The molecule has 0 spiro atoms. The van der Waals surface area contributed by atoms with Crippen LogP contribution < -0.4 is 11.1 Å². The third kappa shape index (κ3) is 7.74. The lowest BCUT2D eigenvalue weighted by atomic mass is 10.2. The lowest BCUT2D eigenvalue weighted by Crippen LogP contribution is -2.40. The highest BCUT2D eigenvalue weighted by Crippen LogP contribution is 2.07. The van der Waals surface area contributed by atoms with Gasteiger partial charge in [-0.05, 0) is 20.8 Å². The molecule has 4 heteroatoms. The van der Waals surface area contributed by atoms with Gasteiger partial charge in [0, 0.05) is 13.1 Å². The Morgan fingerprint density at radius 3 is 2.45 bits per heavy atom. The first kappa shape index (κ1) is 10.8. The van der Waals surface area contributed by atoms with Crippen molar-refractivity contribution in [3.63, 3.8) is 0 Å². The van der Waals surface area contributed by atoms with Crippen LogP contribution in [0.1, 0.15) is 20.8 Å². The van der Waals surface area contributed by atoms with E-state index in [0.717, 1.165) is 0 Å². The second-order valence-corrected chi connectivity index (χ2v) is 3.33. The van der Waals surface area contributed by atoms with Gasteiger partial charge in [0.2, 0.25) is 6.41 Å². The van der Waals surface area contributed by atoms with Crippen LogP contribution in [0, 0.1) is 0 Å². The van der Waals surface area contributed by atoms with Crippen molar-refractivity contribution in [2.45, 2.75) is 32.8 Å². The molecule has 0 rings (SSSR count). The maximum absolute atomic E-state index is 9.13. The smallest absolute Gasteiger partial charge is 0.214 e. The standard InChI is InChI=1S/C7H18N2O2/c1-7(2,3)11-6(10)9-5-4-8/h6,9-10H,4-5,8H2,1-3H3/t6-/m0/s1. The van der Waals surface area contributed by atoms with E-state index in [0.29, 0.717) is 13.1 Å². The van der Waals surface area contributed by atoms with Gasteiger partial charge in [-0.3, -0.25) is 5.32 Å². The van der Waals surface area contributed by atoms with E-state index in [4.69, 9.17) is 15.6 Å². The molecule has 4 nitrogen and oxygen atoms in total. The molecule has 0 radical (unpaired) electrons. The third-order valence-corrected chi connectivity index (χ3v) is 0.928. The maximum atomic E-state index is 9.13. The molecule has 0 amide bonds. The maximum Gasteiger partial charge on any atom is 0.214 e. The van der Waals surface area contributed by atoms with Crippen LogP contribution in [-0.4, -0.2) is 30.2 Å². The fourth-order valence-corrected chi connectivity index (χ4v) is 0.583. The van der Waals surface area contributed by atoms with Crippen LogP contribution in [0.2, 0.25) is 0 Å². The number of aliphatic hydroxyl groups excluding tert-OH is 1. The zero-order valence-electron chi connectivity index (χ0n) is 7.42. The van der Waals surface area contributed by atoms with Gasteiger partial charge in [-0.15, -0.1) is 0 Å². The largest absolute Gasteiger partial charge is 0.356 e. The van der Waals surface area contributed by atoms with Gasteiger partial charge >= 0.3 is 0 Å². The summed E-state index contributed by atoms with van der Waals surface area (Å²) in [5, 5.41) is 11.8. The molecule has 0 fully saturated rings. The summed E-state index contributed by atoms with van der Waals surface area (Å²) in [5.41, 5.74) is 4.88. The number of nitrogens with one attached hydrogen (secondary N) is 1. The highest BCUT2D eigenvalue weighted by molar-refractivity contribution is 4.59. The first-order valence-electron chi connectivity index (χ1n) is 3.75. The molecular formula is C7H18N2O2. The zero-order chi connectivity index (χ0) is 8.91. The Hall–Kier alpha value is -0.160. The fourth-order valence-electron chi connectivity index (χ4n) is 0.583. The molecule has 0 saturated carbocycles. The Balaban J connectivity index is 3.44. The summed E-state index contributed by atoms with van der Waals surface area (Å²) in [7, 11) is 0. The summed E-state index contributed by atoms with van der Waals surface area (Å²) < 4.78 is 5.13. The summed E-state index contributed by atoms with van der Waals surface area (Å²) in [4.78, 5) is 0. The number of ether oxygens (including phenoxy) is 1. The van der Waals surface area contributed by atoms with Gasteiger partial charge in [0.15, 0.2) is 0 Å². The van der Waals surface area contributed by atoms with Gasteiger partial charge in [0.1, 0.15) is 0 Å².